The molecule has 10 heteroatoms. The van der Waals surface area contributed by atoms with Gasteiger partial charge in [0.25, 0.3) is 0 Å². The van der Waals surface area contributed by atoms with Crippen LogP contribution in [0, 0.1) is 0 Å². The van der Waals surface area contributed by atoms with Crippen molar-refractivity contribution in [3.63, 3.8) is 0 Å². The Morgan fingerprint density at radius 1 is 1.27 bits per heavy atom. The van der Waals surface area contributed by atoms with Gasteiger partial charge in [-0.1, -0.05) is 0 Å². The molecule has 0 aromatic carbocycles. The van der Waals surface area contributed by atoms with E-state index >= 15 is 0 Å². The van der Waals surface area contributed by atoms with Gasteiger partial charge >= 0.3 is 59.1 Å². The van der Waals surface area contributed by atoms with Crippen molar-refractivity contribution in [3.8, 4) is 0 Å². The van der Waals surface area contributed by atoms with Gasteiger partial charge in [-0.2, -0.15) is 0 Å². The zero-order valence-electron chi connectivity index (χ0n) is 9.47. The van der Waals surface area contributed by atoms with Gasteiger partial charge in [-0.05, 0) is 14.1 Å². The maximum Gasteiger partial charge on any atom is 1.00 e. The Kier molecular flexibility index (Phi) is 13.4. The van der Waals surface area contributed by atoms with E-state index < -0.39 is 29.4 Å². The standard InChI is InChI=1S/C5H14NO5PS.2Na/c1-6(2)5-12(7,8)3-4-13(9,10)11;;/h3-5H2,1-2H3,(H,7,8)(H,9,10,11);;/q;2*+1/p-2. The molecule has 80 valence electrons. The topological polar surface area (TPSA) is 101 Å². The third-order valence-electron chi connectivity index (χ3n) is 1.18. The molecule has 0 bridgehead atoms. The fraction of sp³-hybridized carbons (Fsp3) is 1.00. The molecule has 1 atom stereocenters. The molecule has 0 amide bonds. The second kappa shape index (κ2) is 9.05. The minimum Gasteiger partial charge on any atom is -0.798 e. The largest absolute Gasteiger partial charge is 1.00 e. The van der Waals surface area contributed by atoms with Crippen molar-refractivity contribution in [2.45, 2.75) is 0 Å². The fourth-order valence-corrected chi connectivity index (χ4v) is 3.76. The first-order valence-corrected chi connectivity index (χ1v) is 7.07. The Balaban J connectivity index is -0.000000720. The van der Waals surface area contributed by atoms with Crippen LogP contribution in [0.1, 0.15) is 0 Å². The maximum atomic E-state index is 11.1. The Bertz CT molecular complexity index is 307. The van der Waals surface area contributed by atoms with Crippen LogP contribution < -0.4 is 64.0 Å². The van der Waals surface area contributed by atoms with Crippen LogP contribution in [-0.2, 0) is 14.7 Å². The summed E-state index contributed by atoms with van der Waals surface area (Å²) in [5.41, 5.74) is 0. The van der Waals surface area contributed by atoms with E-state index in [2.05, 4.69) is 0 Å². The van der Waals surface area contributed by atoms with Crippen LogP contribution in [0.4, 0.5) is 0 Å². The van der Waals surface area contributed by atoms with Crippen molar-refractivity contribution < 1.29 is 81.5 Å². The molecule has 0 aromatic rings. The zero-order chi connectivity index (χ0) is 10.7. The molecule has 0 saturated heterocycles. The Morgan fingerprint density at radius 3 is 1.93 bits per heavy atom. The first kappa shape index (κ1) is 22.3. The second-order valence-corrected chi connectivity index (χ2v) is 6.90. The predicted octanol–water partition coefficient (Wildman–Crippen LogP) is -7.30. The quantitative estimate of drug-likeness (QED) is 0.281. The van der Waals surface area contributed by atoms with Gasteiger partial charge in [-0.15, -0.1) is 0 Å². The molecule has 0 aliphatic heterocycles. The van der Waals surface area contributed by atoms with Gasteiger partial charge in [0.05, 0.1) is 10.1 Å². The average molecular weight is 275 g/mol. The number of rotatable bonds is 5. The molecule has 15 heavy (non-hydrogen) atoms. The van der Waals surface area contributed by atoms with Gasteiger partial charge in [-0.25, -0.2) is 8.42 Å². The number of hydrogen-bond donors (Lipinski definition) is 0. The van der Waals surface area contributed by atoms with Crippen LogP contribution in [0.3, 0.4) is 0 Å². The molecule has 0 rings (SSSR count). The van der Waals surface area contributed by atoms with Crippen LogP contribution in [0.5, 0.6) is 0 Å². The van der Waals surface area contributed by atoms with Gasteiger partial charge in [0.2, 0.25) is 0 Å². The van der Waals surface area contributed by atoms with Crippen LogP contribution >= 0.6 is 7.37 Å². The van der Waals surface area contributed by atoms with Gasteiger partial charge in [0.1, 0.15) is 0 Å². The van der Waals surface area contributed by atoms with E-state index in [4.69, 9.17) is 0 Å². The van der Waals surface area contributed by atoms with Gasteiger partial charge in [-0.3, -0.25) is 0 Å². The van der Waals surface area contributed by atoms with Crippen molar-refractivity contribution in [1.29, 1.82) is 0 Å². The van der Waals surface area contributed by atoms with Crippen molar-refractivity contribution >= 4 is 17.5 Å². The molecule has 0 N–H and O–H groups in total. The summed E-state index contributed by atoms with van der Waals surface area (Å²) in [6, 6.07) is 0. The maximum absolute atomic E-state index is 11.1. The molecule has 0 spiro atoms. The Labute approximate surface area is 135 Å². The monoisotopic (exact) mass is 275 g/mol. The van der Waals surface area contributed by atoms with Gasteiger partial charge < -0.3 is 18.9 Å². The summed E-state index contributed by atoms with van der Waals surface area (Å²) < 4.78 is 41.5. The summed E-state index contributed by atoms with van der Waals surface area (Å²) >= 11 is 0. The van der Waals surface area contributed by atoms with E-state index in [1.807, 2.05) is 0 Å². The summed E-state index contributed by atoms with van der Waals surface area (Å²) in [6.07, 6.45) is -0.806. The minimum atomic E-state index is -4.43. The first-order chi connectivity index (χ1) is 5.62. The first-order valence-electron chi connectivity index (χ1n) is 3.50. The molecular weight excluding hydrogens is 263 g/mol. The summed E-state index contributed by atoms with van der Waals surface area (Å²) in [5.74, 6) is -0.846. The minimum absolute atomic E-state index is 0. The molecule has 0 aliphatic carbocycles. The van der Waals surface area contributed by atoms with E-state index in [1.165, 1.54) is 4.90 Å². The van der Waals surface area contributed by atoms with E-state index in [9.17, 15) is 22.4 Å². The number of hydrogen-bond acceptors (Lipinski definition) is 6. The molecule has 1 unspecified atom stereocenters. The predicted molar refractivity (Wildman–Crippen MR) is 45.6 cm³/mol. The number of nitrogens with zero attached hydrogens (tertiary/aromatic N) is 1. The van der Waals surface area contributed by atoms with E-state index in [0.717, 1.165) is 0 Å². The summed E-state index contributed by atoms with van der Waals surface area (Å²) in [5, 5.41) is 0. The van der Waals surface area contributed by atoms with Crippen LogP contribution in [0.2, 0.25) is 0 Å². The van der Waals surface area contributed by atoms with Crippen molar-refractivity contribution in [3.05, 3.63) is 0 Å². The fourth-order valence-electron chi connectivity index (χ4n) is 0.753. The molecule has 0 aliphatic rings. The molecule has 6 nitrogen and oxygen atoms in total. The van der Waals surface area contributed by atoms with Gasteiger partial charge in [0.15, 0.2) is 0 Å². The third kappa shape index (κ3) is 16.1. The third-order valence-corrected chi connectivity index (χ3v) is 4.09. The Morgan fingerprint density at radius 2 is 1.67 bits per heavy atom. The van der Waals surface area contributed by atoms with Crippen LogP contribution in [-0.4, -0.2) is 50.2 Å². The summed E-state index contributed by atoms with van der Waals surface area (Å²) in [7, 11) is -5.08. The molecule has 0 radical (unpaired) electrons. The Hall–Kier alpha value is 2.06. The molecule has 0 aromatic heterocycles. The summed E-state index contributed by atoms with van der Waals surface area (Å²) in [4.78, 5) is 12.5. The molecular formula is C5H12NNa2O5PS. The second-order valence-electron chi connectivity index (χ2n) is 3.02. The molecule has 0 heterocycles. The van der Waals surface area contributed by atoms with Crippen LogP contribution in [0.15, 0.2) is 0 Å². The van der Waals surface area contributed by atoms with Gasteiger partial charge in [0, 0.05) is 25.6 Å². The van der Waals surface area contributed by atoms with E-state index in [1.54, 1.807) is 14.1 Å². The molecule has 0 saturated carbocycles. The molecule has 0 fully saturated rings. The van der Waals surface area contributed by atoms with Crippen molar-refractivity contribution in [1.82, 2.24) is 4.90 Å². The smallest absolute Gasteiger partial charge is 0.798 e. The van der Waals surface area contributed by atoms with E-state index in [-0.39, 0.29) is 65.4 Å². The van der Waals surface area contributed by atoms with Crippen molar-refractivity contribution in [2.24, 2.45) is 0 Å². The summed E-state index contributed by atoms with van der Waals surface area (Å²) in [6.45, 7) is 0. The average Bonchev–Trinajstić information content (AvgIpc) is 1.79. The van der Waals surface area contributed by atoms with E-state index in [0.29, 0.717) is 0 Å². The van der Waals surface area contributed by atoms with Crippen LogP contribution in [0.25, 0.3) is 0 Å². The zero-order valence-corrected chi connectivity index (χ0v) is 15.2. The van der Waals surface area contributed by atoms with Crippen molar-refractivity contribution in [2.75, 3.05) is 32.3 Å². The normalized spacial score (nSPS) is 15.0. The SMILES string of the molecule is CN(C)CP(=O)([O-])CCS(=O)(=O)[O-].[Na+].[Na+].